The Labute approximate surface area is 151 Å². The fraction of sp³-hybridized carbons (Fsp3) is 0.556. The van der Waals surface area contributed by atoms with Crippen molar-refractivity contribution >= 4 is 17.7 Å². The first-order valence-electron chi connectivity index (χ1n) is 9.06. The molecule has 0 unspecified atom stereocenters. The number of H-pyrrole nitrogens is 1. The monoisotopic (exact) mass is 357 g/mol. The van der Waals surface area contributed by atoms with Crippen molar-refractivity contribution in [3.8, 4) is 11.4 Å². The molecular formula is C18H23N5OS. The van der Waals surface area contributed by atoms with Crippen molar-refractivity contribution in [1.29, 1.82) is 0 Å². The third-order valence-corrected chi connectivity index (χ3v) is 6.14. The Morgan fingerprint density at radius 2 is 2.00 bits per heavy atom. The Bertz CT molecular complexity index is 717. The summed E-state index contributed by atoms with van der Waals surface area (Å²) in [4.78, 5) is 23.4. The Kier molecular flexibility index (Phi) is 5.01. The fourth-order valence-electron chi connectivity index (χ4n) is 4.09. The Balaban J connectivity index is 1.36. The van der Waals surface area contributed by atoms with Crippen LogP contribution in [-0.2, 0) is 4.79 Å². The standard InChI is InChI=1S/C18H23N5OS/c24-16(23-11-3-5-13-4-1-2-6-15(13)23)12-25-18-20-17(21-22-18)14-7-9-19-10-8-14/h7-10,13,15H,1-6,11-12H2,(H,20,21,22)/t13-,15-/m0/s1. The highest BCUT2D eigenvalue weighted by Crippen LogP contribution is 2.35. The number of rotatable bonds is 4. The number of piperidine rings is 1. The highest BCUT2D eigenvalue weighted by Gasteiger charge is 2.35. The van der Waals surface area contributed by atoms with Crippen LogP contribution in [0, 0.1) is 5.92 Å². The summed E-state index contributed by atoms with van der Waals surface area (Å²) in [5, 5.41) is 7.79. The second kappa shape index (κ2) is 7.56. The number of thioether (sulfide) groups is 1. The van der Waals surface area contributed by atoms with E-state index in [1.165, 1.54) is 43.9 Å². The fourth-order valence-corrected chi connectivity index (χ4v) is 4.78. The minimum atomic E-state index is 0.233. The lowest BCUT2D eigenvalue weighted by Gasteiger charge is -2.44. The summed E-state index contributed by atoms with van der Waals surface area (Å²) < 4.78 is 0. The van der Waals surface area contributed by atoms with Gasteiger partial charge in [0.05, 0.1) is 5.75 Å². The van der Waals surface area contributed by atoms with E-state index in [4.69, 9.17) is 0 Å². The molecule has 25 heavy (non-hydrogen) atoms. The van der Waals surface area contributed by atoms with Gasteiger partial charge in [-0.1, -0.05) is 24.6 Å². The van der Waals surface area contributed by atoms with Crippen LogP contribution in [-0.4, -0.2) is 49.3 Å². The molecule has 0 bridgehead atoms. The van der Waals surface area contributed by atoms with Crippen molar-refractivity contribution < 1.29 is 4.79 Å². The highest BCUT2D eigenvalue weighted by molar-refractivity contribution is 7.99. The van der Waals surface area contributed by atoms with Gasteiger partial charge in [-0.2, -0.15) is 0 Å². The Morgan fingerprint density at radius 3 is 2.88 bits per heavy atom. The second-order valence-electron chi connectivity index (χ2n) is 6.83. The Morgan fingerprint density at radius 1 is 1.20 bits per heavy atom. The average Bonchev–Trinajstić information content (AvgIpc) is 3.15. The largest absolute Gasteiger partial charge is 0.339 e. The predicted molar refractivity (Wildman–Crippen MR) is 97.0 cm³/mol. The van der Waals surface area contributed by atoms with Crippen molar-refractivity contribution in [2.75, 3.05) is 12.3 Å². The predicted octanol–water partition coefficient (Wildman–Crippen LogP) is 3.14. The topological polar surface area (TPSA) is 74.8 Å². The van der Waals surface area contributed by atoms with E-state index in [1.807, 2.05) is 12.1 Å². The van der Waals surface area contributed by atoms with E-state index >= 15 is 0 Å². The summed E-state index contributed by atoms with van der Waals surface area (Å²) in [6, 6.07) is 4.24. The number of amides is 1. The average molecular weight is 357 g/mol. The van der Waals surface area contributed by atoms with Crippen molar-refractivity contribution in [1.82, 2.24) is 25.1 Å². The smallest absolute Gasteiger partial charge is 0.233 e. The highest BCUT2D eigenvalue weighted by atomic mass is 32.2. The normalized spacial score (nSPS) is 23.3. The molecule has 6 nitrogen and oxygen atoms in total. The van der Waals surface area contributed by atoms with Gasteiger partial charge in [-0.05, 0) is 43.7 Å². The molecule has 1 aliphatic heterocycles. The summed E-state index contributed by atoms with van der Waals surface area (Å²) >= 11 is 1.42. The van der Waals surface area contributed by atoms with Gasteiger partial charge in [0.25, 0.3) is 0 Å². The van der Waals surface area contributed by atoms with Gasteiger partial charge in [-0.15, -0.1) is 5.10 Å². The maximum atomic E-state index is 12.7. The molecular weight excluding hydrogens is 334 g/mol. The summed E-state index contributed by atoms with van der Waals surface area (Å²) in [6.45, 7) is 0.914. The van der Waals surface area contributed by atoms with Crippen molar-refractivity contribution in [2.24, 2.45) is 5.92 Å². The molecule has 1 aliphatic carbocycles. The van der Waals surface area contributed by atoms with Gasteiger partial charge in [-0.3, -0.25) is 14.9 Å². The zero-order valence-corrected chi connectivity index (χ0v) is 15.0. The molecule has 0 aromatic carbocycles. The van der Waals surface area contributed by atoms with E-state index in [1.54, 1.807) is 12.4 Å². The molecule has 1 saturated heterocycles. The molecule has 1 N–H and O–H groups in total. The first kappa shape index (κ1) is 16.6. The van der Waals surface area contributed by atoms with Gasteiger partial charge >= 0.3 is 0 Å². The van der Waals surface area contributed by atoms with Gasteiger partial charge in [0.15, 0.2) is 5.82 Å². The molecule has 2 atom stereocenters. The van der Waals surface area contributed by atoms with Crippen LogP contribution in [0.1, 0.15) is 38.5 Å². The summed E-state index contributed by atoms with van der Waals surface area (Å²) in [5.41, 5.74) is 0.946. The van der Waals surface area contributed by atoms with Crippen LogP contribution in [0.25, 0.3) is 11.4 Å². The van der Waals surface area contributed by atoms with Gasteiger partial charge in [0.2, 0.25) is 11.1 Å². The summed E-state index contributed by atoms with van der Waals surface area (Å²) in [5.74, 6) is 2.08. The molecule has 4 rings (SSSR count). The van der Waals surface area contributed by atoms with E-state index in [2.05, 4.69) is 25.1 Å². The van der Waals surface area contributed by atoms with Crippen LogP contribution in [0.3, 0.4) is 0 Å². The third-order valence-electron chi connectivity index (χ3n) is 5.31. The van der Waals surface area contributed by atoms with Crippen molar-refractivity contribution in [3.05, 3.63) is 24.5 Å². The van der Waals surface area contributed by atoms with Crippen LogP contribution >= 0.6 is 11.8 Å². The second-order valence-corrected chi connectivity index (χ2v) is 7.77. The van der Waals surface area contributed by atoms with Crippen LogP contribution < -0.4 is 0 Å². The van der Waals surface area contributed by atoms with Gasteiger partial charge in [0.1, 0.15) is 0 Å². The summed E-state index contributed by atoms with van der Waals surface area (Å²) in [6.07, 6.45) is 10.9. The van der Waals surface area contributed by atoms with Crippen LogP contribution in [0.15, 0.2) is 29.7 Å². The molecule has 2 aromatic heterocycles. The number of likely N-dealkylation sites (tertiary alicyclic amines) is 1. The molecule has 0 radical (unpaired) electrons. The van der Waals surface area contributed by atoms with Gasteiger partial charge < -0.3 is 4.90 Å². The van der Waals surface area contributed by atoms with Gasteiger partial charge in [-0.25, -0.2) is 4.98 Å². The maximum Gasteiger partial charge on any atom is 0.233 e. The number of fused-ring (bicyclic) bond motifs is 1. The number of aromatic amines is 1. The number of hydrogen-bond acceptors (Lipinski definition) is 5. The number of aromatic nitrogens is 4. The summed E-state index contributed by atoms with van der Waals surface area (Å²) in [7, 11) is 0. The molecule has 132 valence electrons. The molecule has 7 heteroatoms. The number of hydrogen-bond donors (Lipinski definition) is 1. The number of nitrogens with one attached hydrogen (secondary N) is 1. The zero-order chi connectivity index (χ0) is 17.1. The first-order chi connectivity index (χ1) is 12.3. The SMILES string of the molecule is O=C(CSc1n[nH]c(-c2ccncc2)n1)N1CCC[C@@H]2CCCC[C@@H]21. The van der Waals surface area contributed by atoms with Crippen LogP contribution in [0.2, 0.25) is 0 Å². The van der Waals surface area contributed by atoms with E-state index in [9.17, 15) is 4.79 Å². The molecule has 1 saturated carbocycles. The molecule has 3 heterocycles. The number of nitrogens with zero attached hydrogens (tertiary/aromatic N) is 4. The number of carbonyl (C=O) groups is 1. The first-order valence-corrected chi connectivity index (χ1v) is 10.0. The van der Waals surface area contributed by atoms with E-state index in [-0.39, 0.29) is 5.91 Å². The van der Waals surface area contributed by atoms with Crippen LogP contribution in [0.4, 0.5) is 0 Å². The lowest BCUT2D eigenvalue weighted by molar-refractivity contribution is -0.134. The number of pyridine rings is 1. The third kappa shape index (κ3) is 3.71. The molecule has 2 aromatic rings. The van der Waals surface area contributed by atoms with Gasteiger partial charge in [0, 0.05) is 30.5 Å². The van der Waals surface area contributed by atoms with Crippen LogP contribution in [0.5, 0.6) is 0 Å². The minimum absolute atomic E-state index is 0.233. The van der Waals surface area contributed by atoms with E-state index < -0.39 is 0 Å². The van der Waals surface area contributed by atoms with E-state index in [0.717, 1.165) is 24.4 Å². The minimum Gasteiger partial charge on any atom is -0.339 e. The zero-order valence-electron chi connectivity index (χ0n) is 14.2. The quantitative estimate of drug-likeness (QED) is 0.851. The van der Waals surface area contributed by atoms with Crippen molar-refractivity contribution in [2.45, 2.75) is 49.7 Å². The molecule has 1 amide bonds. The lowest BCUT2D eigenvalue weighted by Crippen LogP contribution is -2.50. The molecule has 0 spiro atoms. The van der Waals surface area contributed by atoms with E-state index in [0.29, 0.717) is 22.8 Å². The lowest BCUT2D eigenvalue weighted by atomic mass is 9.78. The Hall–Kier alpha value is -1.89. The maximum absolute atomic E-state index is 12.7. The molecule has 2 aliphatic rings. The van der Waals surface area contributed by atoms with Crippen molar-refractivity contribution in [3.63, 3.8) is 0 Å². The molecule has 2 fully saturated rings. The number of carbonyl (C=O) groups excluding carboxylic acids is 1.